The van der Waals surface area contributed by atoms with Crippen molar-refractivity contribution in [3.63, 3.8) is 0 Å². The van der Waals surface area contributed by atoms with E-state index in [1.54, 1.807) is 0 Å². The molecular weight excluding hydrogens is 198 g/mol. The van der Waals surface area contributed by atoms with Crippen molar-refractivity contribution in [1.29, 1.82) is 0 Å². The van der Waals surface area contributed by atoms with Gasteiger partial charge in [0, 0.05) is 26.4 Å². The first-order valence-electron chi connectivity index (χ1n) is 6.48. The molecule has 0 unspecified atom stereocenters. The molecule has 2 nitrogen and oxygen atoms in total. The van der Waals surface area contributed by atoms with Crippen LogP contribution < -0.4 is 0 Å². The number of aliphatic hydroxyl groups excluding tert-OH is 1. The molecule has 0 fully saturated rings. The van der Waals surface area contributed by atoms with E-state index in [1.165, 1.54) is 0 Å². The lowest BCUT2D eigenvalue weighted by atomic mass is 9.82. The Morgan fingerprint density at radius 2 is 1.88 bits per heavy atom. The minimum atomic E-state index is -0.183. The maximum absolute atomic E-state index is 9.02. The Kier molecular flexibility index (Phi) is 7.42. The summed E-state index contributed by atoms with van der Waals surface area (Å²) in [4.78, 5) is 3.79. The van der Waals surface area contributed by atoms with E-state index < -0.39 is 0 Å². The zero-order valence-corrected chi connectivity index (χ0v) is 11.3. The standard InChI is InChI=1S/C14H27NO/c1-6-9-14(4,15-5)10-7-13(8-11-16)12(2)3/h12-13,16H,6-11H2,1-4H3/t13-,14+/m1/s1. The van der Waals surface area contributed by atoms with Crippen LogP contribution >= 0.6 is 0 Å². The second-order valence-corrected chi connectivity index (χ2v) is 5.41. The summed E-state index contributed by atoms with van der Waals surface area (Å²) in [7, 11) is 0. The Balaban J connectivity index is 4.22. The third-order valence-corrected chi connectivity index (χ3v) is 3.55. The SMILES string of the molecule is [C-]#[N+][C@@](C)(CCC)CC[C@H](CCO)C(C)C. The summed E-state index contributed by atoms with van der Waals surface area (Å²) < 4.78 is 0. The molecule has 0 bridgehead atoms. The first kappa shape index (κ1) is 15.4. The van der Waals surface area contributed by atoms with E-state index in [2.05, 4.69) is 32.5 Å². The first-order valence-corrected chi connectivity index (χ1v) is 6.48. The summed E-state index contributed by atoms with van der Waals surface area (Å²) in [6.07, 6.45) is 4.97. The van der Waals surface area contributed by atoms with Crippen LogP contribution in [0.2, 0.25) is 0 Å². The summed E-state index contributed by atoms with van der Waals surface area (Å²) in [5.74, 6) is 1.16. The molecule has 0 spiro atoms. The van der Waals surface area contributed by atoms with Gasteiger partial charge < -0.3 is 9.95 Å². The van der Waals surface area contributed by atoms with E-state index in [1.807, 2.05) is 0 Å². The van der Waals surface area contributed by atoms with Gasteiger partial charge in [0.2, 0.25) is 5.54 Å². The number of hydrogen-bond acceptors (Lipinski definition) is 1. The van der Waals surface area contributed by atoms with E-state index in [9.17, 15) is 0 Å². The van der Waals surface area contributed by atoms with Crippen molar-refractivity contribution < 1.29 is 5.11 Å². The highest BCUT2D eigenvalue weighted by Gasteiger charge is 2.30. The number of aliphatic hydroxyl groups is 1. The van der Waals surface area contributed by atoms with Crippen molar-refractivity contribution in [3.05, 3.63) is 11.4 Å². The predicted octanol–water partition coefficient (Wildman–Crippen LogP) is 3.90. The minimum Gasteiger partial charge on any atom is -0.396 e. The van der Waals surface area contributed by atoms with Crippen molar-refractivity contribution in [2.24, 2.45) is 11.8 Å². The normalized spacial score (nSPS) is 16.8. The van der Waals surface area contributed by atoms with E-state index in [4.69, 9.17) is 11.7 Å². The Bertz CT molecular complexity index is 219. The highest BCUT2D eigenvalue weighted by atomic mass is 16.3. The first-order chi connectivity index (χ1) is 7.49. The van der Waals surface area contributed by atoms with Gasteiger partial charge in [0.25, 0.3) is 0 Å². The van der Waals surface area contributed by atoms with E-state index in [0.717, 1.165) is 32.1 Å². The molecule has 0 saturated carbocycles. The molecule has 0 heterocycles. The molecule has 0 aromatic rings. The van der Waals surface area contributed by atoms with Gasteiger partial charge >= 0.3 is 0 Å². The smallest absolute Gasteiger partial charge is 0.229 e. The Hall–Kier alpha value is -0.550. The largest absolute Gasteiger partial charge is 0.396 e. The molecule has 0 aliphatic carbocycles. The predicted molar refractivity (Wildman–Crippen MR) is 69.2 cm³/mol. The lowest BCUT2D eigenvalue weighted by Crippen LogP contribution is -2.22. The molecule has 0 saturated heterocycles. The number of rotatable bonds is 8. The van der Waals surface area contributed by atoms with E-state index >= 15 is 0 Å². The van der Waals surface area contributed by atoms with Gasteiger partial charge in [-0.05, 0) is 31.1 Å². The Morgan fingerprint density at radius 1 is 1.25 bits per heavy atom. The average molecular weight is 225 g/mol. The van der Waals surface area contributed by atoms with Crippen LogP contribution in [0.3, 0.4) is 0 Å². The van der Waals surface area contributed by atoms with Crippen LogP contribution in [0.15, 0.2) is 0 Å². The van der Waals surface area contributed by atoms with Crippen LogP contribution in [-0.4, -0.2) is 17.3 Å². The molecule has 2 heteroatoms. The number of nitrogens with zero attached hydrogens (tertiary/aromatic N) is 1. The third kappa shape index (κ3) is 5.51. The van der Waals surface area contributed by atoms with Gasteiger partial charge in [-0.15, -0.1) is 0 Å². The molecular formula is C14H27NO. The van der Waals surface area contributed by atoms with Crippen LogP contribution in [0.5, 0.6) is 0 Å². The van der Waals surface area contributed by atoms with E-state index in [0.29, 0.717) is 11.8 Å². The van der Waals surface area contributed by atoms with E-state index in [-0.39, 0.29) is 12.1 Å². The molecule has 2 atom stereocenters. The average Bonchev–Trinajstić information content (AvgIpc) is 2.24. The maximum atomic E-state index is 9.02. The molecule has 0 aromatic heterocycles. The van der Waals surface area contributed by atoms with Crippen molar-refractivity contribution in [1.82, 2.24) is 0 Å². The highest BCUT2D eigenvalue weighted by molar-refractivity contribution is 4.94. The molecule has 1 N–H and O–H groups in total. The van der Waals surface area contributed by atoms with Gasteiger partial charge in [-0.1, -0.05) is 20.8 Å². The molecule has 0 rings (SSSR count). The van der Waals surface area contributed by atoms with Gasteiger partial charge in [0.05, 0.1) is 0 Å². The van der Waals surface area contributed by atoms with Gasteiger partial charge in [0.15, 0.2) is 0 Å². The Labute approximate surface area is 101 Å². The van der Waals surface area contributed by atoms with Crippen LogP contribution in [0, 0.1) is 18.4 Å². The lowest BCUT2D eigenvalue weighted by molar-refractivity contribution is 0.215. The monoisotopic (exact) mass is 225 g/mol. The fourth-order valence-corrected chi connectivity index (χ4v) is 2.25. The van der Waals surface area contributed by atoms with Crippen LogP contribution in [0.1, 0.15) is 59.8 Å². The topological polar surface area (TPSA) is 24.6 Å². The zero-order chi connectivity index (χ0) is 12.6. The quantitative estimate of drug-likeness (QED) is 0.623. The highest BCUT2D eigenvalue weighted by Crippen LogP contribution is 2.29. The van der Waals surface area contributed by atoms with Crippen molar-refractivity contribution in [2.45, 2.75) is 65.3 Å². The molecule has 0 aromatic carbocycles. The molecule has 0 aliphatic rings. The van der Waals surface area contributed by atoms with Gasteiger partial charge in [-0.3, -0.25) is 0 Å². The molecule has 16 heavy (non-hydrogen) atoms. The second-order valence-electron chi connectivity index (χ2n) is 5.41. The van der Waals surface area contributed by atoms with Crippen molar-refractivity contribution in [2.75, 3.05) is 6.61 Å². The summed E-state index contributed by atoms with van der Waals surface area (Å²) in [6, 6.07) is 0. The van der Waals surface area contributed by atoms with Crippen molar-refractivity contribution in [3.8, 4) is 0 Å². The summed E-state index contributed by atoms with van der Waals surface area (Å²) >= 11 is 0. The van der Waals surface area contributed by atoms with Gasteiger partial charge in [-0.2, -0.15) is 0 Å². The molecule has 0 radical (unpaired) electrons. The summed E-state index contributed by atoms with van der Waals surface area (Å²) in [5, 5.41) is 9.02. The number of hydrogen-bond donors (Lipinski definition) is 1. The second kappa shape index (κ2) is 7.68. The molecule has 0 aliphatic heterocycles. The maximum Gasteiger partial charge on any atom is 0.229 e. The minimum absolute atomic E-state index is 0.183. The van der Waals surface area contributed by atoms with Gasteiger partial charge in [0.1, 0.15) is 0 Å². The summed E-state index contributed by atoms with van der Waals surface area (Å²) in [5.41, 5.74) is -0.183. The zero-order valence-electron chi connectivity index (χ0n) is 11.3. The third-order valence-electron chi connectivity index (χ3n) is 3.55. The fraction of sp³-hybridized carbons (Fsp3) is 0.929. The lowest BCUT2D eigenvalue weighted by Gasteiger charge is -2.23. The van der Waals surface area contributed by atoms with Crippen LogP contribution in [0.4, 0.5) is 0 Å². The van der Waals surface area contributed by atoms with Crippen molar-refractivity contribution >= 4 is 0 Å². The molecule has 0 amide bonds. The van der Waals surface area contributed by atoms with Crippen LogP contribution in [-0.2, 0) is 0 Å². The summed E-state index contributed by atoms with van der Waals surface area (Å²) in [6.45, 7) is 16.2. The Morgan fingerprint density at radius 3 is 2.25 bits per heavy atom. The molecule has 94 valence electrons. The fourth-order valence-electron chi connectivity index (χ4n) is 2.25. The van der Waals surface area contributed by atoms with Gasteiger partial charge in [-0.25, -0.2) is 6.57 Å². The van der Waals surface area contributed by atoms with Crippen LogP contribution in [0.25, 0.3) is 4.85 Å².